The van der Waals surface area contributed by atoms with E-state index in [1.165, 1.54) is 6.42 Å². The van der Waals surface area contributed by atoms with Crippen molar-refractivity contribution in [2.24, 2.45) is 0 Å². The van der Waals surface area contributed by atoms with Crippen molar-refractivity contribution < 1.29 is 4.79 Å². The summed E-state index contributed by atoms with van der Waals surface area (Å²) < 4.78 is 1.58. The number of rotatable bonds is 3. The number of benzene rings is 1. The van der Waals surface area contributed by atoms with Gasteiger partial charge in [0.2, 0.25) is 5.91 Å². The molecule has 1 amide bonds. The Bertz CT molecular complexity index is 574. The van der Waals surface area contributed by atoms with E-state index >= 15 is 0 Å². The van der Waals surface area contributed by atoms with Gasteiger partial charge in [0, 0.05) is 18.7 Å². The second-order valence-corrected chi connectivity index (χ2v) is 4.97. The van der Waals surface area contributed by atoms with Crippen molar-refractivity contribution in [1.29, 1.82) is 0 Å². The molecule has 2 aromatic rings. The maximum atomic E-state index is 12.3. The highest BCUT2D eigenvalue weighted by molar-refractivity contribution is 5.76. The van der Waals surface area contributed by atoms with Crippen LogP contribution in [-0.4, -0.2) is 44.1 Å². The molecule has 0 bridgehead atoms. The average molecular weight is 271 g/mol. The zero-order chi connectivity index (χ0) is 13.8. The standard InChI is InChI=1S/C14H17N5O/c20-13(18-9-5-2-6-10-18)11-19-14(15-16-17-19)12-7-3-1-4-8-12/h1,3-4,7-8H,2,5-6,9-11H2. The van der Waals surface area contributed by atoms with Gasteiger partial charge in [-0.15, -0.1) is 5.10 Å². The van der Waals surface area contributed by atoms with Gasteiger partial charge in [-0.3, -0.25) is 4.79 Å². The third-order valence-electron chi connectivity index (χ3n) is 3.56. The number of hydrogen-bond acceptors (Lipinski definition) is 4. The summed E-state index contributed by atoms with van der Waals surface area (Å²) in [5.74, 6) is 0.727. The van der Waals surface area contributed by atoms with Crippen LogP contribution in [0, 0.1) is 0 Å². The van der Waals surface area contributed by atoms with E-state index in [4.69, 9.17) is 0 Å². The Morgan fingerprint density at radius 2 is 1.85 bits per heavy atom. The van der Waals surface area contributed by atoms with Crippen LogP contribution in [0.3, 0.4) is 0 Å². The highest BCUT2D eigenvalue weighted by atomic mass is 16.2. The lowest BCUT2D eigenvalue weighted by molar-refractivity contribution is -0.132. The van der Waals surface area contributed by atoms with Gasteiger partial charge in [-0.05, 0) is 29.7 Å². The van der Waals surface area contributed by atoms with Gasteiger partial charge in [0.1, 0.15) is 6.54 Å². The van der Waals surface area contributed by atoms with Gasteiger partial charge in [-0.25, -0.2) is 4.68 Å². The monoisotopic (exact) mass is 271 g/mol. The van der Waals surface area contributed by atoms with Crippen LogP contribution in [0.5, 0.6) is 0 Å². The molecule has 0 N–H and O–H groups in total. The lowest BCUT2D eigenvalue weighted by Crippen LogP contribution is -2.38. The molecule has 104 valence electrons. The van der Waals surface area contributed by atoms with E-state index in [9.17, 15) is 4.79 Å². The van der Waals surface area contributed by atoms with Crippen molar-refractivity contribution >= 4 is 5.91 Å². The van der Waals surface area contributed by atoms with E-state index in [1.54, 1.807) is 4.68 Å². The molecular weight excluding hydrogens is 254 g/mol. The van der Waals surface area contributed by atoms with Crippen LogP contribution < -0.4 is 0 Å². The summed E-state index contributed by atoms with van der Waals surface area (Å²) >= 11 is 0. The average Bonchev–Trinajstić information content (AvgIpc) is 2.97. The highest BCUT2D eigenvalue weighted by Gasteiger charge is 2.19. The van der Waals surface area contributed by atoms with Crippen LogP contribution in [0.4, 0.5) is 0 Å². The normalized spacial score (nSPS) is 15.3. The topological polar surface area (TPSA) is 63.9 Å². The number of aromatic nitrogens is 4. The van der Waals surface area contributed by atoms with Crippen molar-refractivity contribution in [3.8, 4) is 11.4 Å². The molecule has 1 aromatic heterocycles. The third-order valence-corrected chi connectivity index (χ3v) is 3.56. The molecule has 3 rings (SSSR count). The van der Waals surface area contributed by atoms with Crippen LogP contribution in [0.15, 0.2) is 30.3 Å². The molecule has 1 aliphatic heterocycles. The van der Waals surface area contributed by atoms with Gasteiger partial charge in [0.15, 0.2) is 5.82 Å². The number of likely N-dealkylation sites (tertiary alicyclic amines) is 1. The SMILES string of the molecule is O=C(Cn1nnnc1-c1ccccc1)N1CCCCC1. The number of carbonyl (C=O) groups excluding carboxylic acids is 1. The first-order chi connectivity index (χ1) is 9.84. The van der Waals surface area contributed by atoms with Crippen molar-refractivity contribution in [2.75, 3.05) is 13.1 Å². The smallest absolute Gasteiger partial charge is 0.244 e. The van der Waals surface area contributed by atoms with Gasteiger partial charge in [0.25, 0.3) is 0 Å². The van der Waals surface area contributed by atoms with E-state index in [0.29, 0.717) is 5.82 Å². The molecule has 0 radical (unpaired) electrons. The Morgan fingerprint density at radius 1 is 1.10 bits per heavy atom. The molecule has 0 saturated carbocycles. The quantitative estimate of drug-likeness (QED) is 0.845. The van der Waals surface area contributed by atoms with Crippen molar-refractivity contribution in [3.05, 3.63) is 30.3 Å². The molecular formula is C14H17N5O. The van der Waals surface area contributed by atoms with Gasteiger partial charge in [-0.2, -0.15) is 0 Å². The minimum Gasteiger partial charge on any atom is -0.341 e. The van der Waals surface area contributed by atoms with Gasteiger partial charge >= 0.3 is 0 Å². The number of piperidine rings is 1. The summed E-state index contributed by atoms with van der Waals surface area (Å²) in [6, 6.07) is 9.68. The van der Waals surface area contributed by atoms with Crippen LogP contribution in [0.25, 0.3) is 11.4 Å². The molecule has 6 nitrogen and oxygen atoms in total. The van der Waals surface area contributed by atoms with E-state index in [0.717, 1.165) is 31.5 Å². The molecule has 0 aliphatic carbocycles. The number of carbonyl (C=O) groups is 1. The van der Waals surface area contributed by atoms with Crippen molar-refractivity contribution in [3.63, 3.8) is 0 Å². The number of tetrazole rings is 1. The highest BCUT2D eigenvalue weighted by Crippen LogP contribution is 2.15. The van der Waals surface area contributed by atoms with Crippen LogP contribution in [0.1, 0.15) is 19.3 Å². The van der Waals surface area contributed by atoms with E-state index in [2.05, 4.69) is 15.5 Å². The Labute approximate surface area is 117 Å². The van der Waals surface area contributed by atoms with E-state index in [-0.39, 0.29) is 12.5 Å². The fourth-order valence-corrected chi connectivity index (χ4v) is 2.48. The van der Waals surface area contributed by atoms with Gasteiger partial charge in [0.05, 0.1) is 0 Å². The lowest BCUT2D eigenvalue weighted by Gasteiger charge is -2.26. The summed E-state index contributed by atoms with van der Waals surface area (Å²) in [6.07, 6.45) is 3.39. The molecule has 2 heterocycles. The van der Waals surface area contributed by atoms with E-state index < -0.39 is 0 Å². The van der Waals surface area contributed by atoms with Gasteiger partial charge < -0.3 is 4.90 Å². The maximum absolute atomic E-state index is 12.3. The fourth-order valence-electron chi connectivity index (χ4n) is 2.48. The first kappa shape index (κ1) is 12.8. The summed E-state index contributed by atoms with van der Waals surface area (Å²) in [6.45, 7) is 1.90. The minimum atomic E-state index is 0.0918. The first-order valence-electron chi connectivity index (χ1n) is 6.94. The summed E-state index contributed by atoms with van der Waals surface area (Å²) in [7, 11) is 0. The maximum Gasteiger partial charge on any atom is 0.244 e. The molecule has 1 fully saturated rings. The molecule has 1 saturated heterocycles. The predicted molar refractivity (Wildman–Crippen MR) is 73.7 cm³/mol. The van der Waals surface area contributed by atoms with Crippen LogP contribution in [-0.2, 0) is 11.3 Å². The lowest BCUT2D eigenvalue weighted by atomic mass is 10.1. The molecule has 1 aliphatic rings. The second-order valence-electron chi connectivity index (χ2n) is 4.97. The summed E-state index contributed by atoms with van der Waals surface area (Å²) in [5, 5.41) is 11.6. The molecule has 0 atom stereocenters. The number of nitrogens with zero attached hydrogens (tertiary/aromatic N) is 5. The zero-order valence-corrected chi connectivity index (χ0v) is 11.3. The van der Waals surface area contributed by atoms with Gasteiger partial charge in [-0.1, -0.05) is 30.3 Å². The van der Waals surface area contributed by atoms with E-state index in [1.807, 2.05) is 35.2 Å². The Kier molecular flexibility index (Phi) is 3.71. The first-order valence-corrected chi connectivity index (χ1v) is 6.94. The van der Waals surface area contributed by atoms with Crippen LogP contribution in [0.2, 0.25) is 0 Å². The molecule has 20 heavy (non-hydrogen) atoms. The number of amides is 1. The Morgan fingerprint density at radius 3 is 2.60 bits per heavy atom. The number of hydrogen-bond donors (Lipinski definition) is 0. The second kappa shape index (κ2) is 5.81. The molecule has 0 spiro atoms. The summed E-state index contributed by atoms with van der Waals surface area (Å²) in [5.41, 5.74) is 0.920. The van der Waals surface area contributed by atoms with Crippen LogP contribution >= 0.6 is 0 Å². The third kappa shape index (κ3) is 2.68. The Balaban J connectivity index is 1.75. The minimum absolute atomic E-state index is 0.0918. The fraction of sp³-hybridized carbons (Fsp3) is 0.429. The molecule has 1 aromatic carbocycles. The van der Waals surface area contributed by atoms with Crippen molar-refractivity contribution in [2.45, 2.75) is 25.8 Å². The molecule has 6 heteroatoms. The zero-order valence-electron chi connectivity index (χ0n) is 11.3. The largest absolute Gasteiger partial charge is 0.341 e. The predicted octanol–water partition coefficient (Wildman–Crippen LogP) is 1.35. The molecule has 0 unspecified atom stereocenters. The summed E-state index contributed by atoms with van der Waals surface area (Å²) in [4.78, 5) is 14.2. The Hall–Kier alpha value is -2.24. The van der Waals surface area contributed by atoms with Crippen molar-refractivity contribution in [1.82, 2.24) is 25.1 Å².